The molecule has 0 aromatic carbocycles. The van der Waals surface area contributed by atoms with E-state index in [-0.39, 0.29) is 12.0 Å². The topological polar surface area (TPSA) is 120 Å². The molecule has 194 valence electrons. The van der Waals surface area contributed by atoms with Crippen LogP contribution in [0, 0.1) is 17.8 Å². The summed E-state index contributed by atoms with van der Waals surface area (Å²) < 4.78 is 12.3. The molecule has 0 aliphatic carbocycles. The zero-order valence-electron chi connectivity index (χ0n) is 20.3. The minimum Gasteiger partial charge on any atom is -0.388 e. The van der Waals surface area contributed by atoms with Gasteiger partial charge in [0.25, 0.3) is 0 Å². The summed E-state index contributed by atoms with van der Waals surface area (Å²) in [6.45, 7) is 5.93. The number of hydrogen-bond acceptors (Lipinski definition) is 8. The lowest BCUT2D eigenvalue weighted by atomic mass is 9.85. The van der Waals surface area contributed by atoms with Gasteiger partial charge >= 0.3 is 0 Å². The lowest BCUT2D eigenvalue weighted by Gasteiger charge is -2.43. The van der Waals surface area contributed by atoms with E-state index in [0.29, 0.717) is 30.8 Å². The predicted molar refractivity (Wildman–Crippen MR) is 131 cm³/mol. The lowest BCUT2D eigenvalue weighted by Crippen LogP contribution is -2.63. The van der Waals surface area contributed by atoms with E-state index in [0.717, 1.165) is 38.0 Å². The van der Waals surface area contributed by atoms with Crippen LogP contribution in [-0.2, 0) is 14.3 Å². The smallest absolute Gasteiger partial charge is 0.240 e. The number of ether oxygens (including phenoxy) is 2. The van der Waals surface area contributed by atoms with Gasteiger partial charge in [-0.05, 0) is 62.0 Å². The Morgan fingerprint density at radius 1 is 1.18 bits per heavy atom. The van der Waals surface area contributed by atoms with Crippen molar-refractivity contribution in [3.8, 4) is 0 Å². The van der Waals surface area contributed by atoms with E-state index >= 15 is 0 Å². The van der Waals surface area contributed by atoms with Crippen molar-refractivity contribution in [2.45, 2.75) is 100 Å². The summed E-state index contributed by atoms with van der Waals surface area (Å²) in [6.07, 6.45) is 4.92. The van der Waals surface area contributed by atoms with Crippen LogP contribution >= 0.6 is 11.8 Å². The standard InChI is InChI=1S/C25H42N2O6S/c1-14(2)11-15-8-9-32-22-16(12-15)13-26-18(22)24(31)27-17-7-5-3-4-6-10-34-25-21(30)19(28)20(29)23(17)33-25/h3,5,14-23,25-26,28-30H,4,6-13H2,1-2H3,(H,27,31)/b5-3-/t15-,16-,17+,18-,19?,20?,21?,22+,23?,25?/m0/s1. The summed E-state index contributed by atoms with van der Waals surface area (Å²) in [7, 11) is 0. The highest BCUT2D eigenvalue weighted by Crippen LogP contribution is 2.34. The Balaban J connectivity index is 1.45. The molecule has 4 heterocycles. The second-order valence-corrected chi connectivity index (χ2v) is 12.0. The van der Waals surface area contributed by atoms with E-state index in [1.807, 2.05) is 6.08 Å². The number of fused-ring (bicyclic) bond motifs is 3. The van der Waals surface area contributed by atoms with Gasteiger partial charge < -0.3 is 35.4 Å². The first-order chi connectivity index (χ1) is 16.3. The SMILES string of the molecule is CC(C)C[C@@H]1CCO[C@@H]2[C@H](CN[C@@H]2C(=O)N[C@@H]2C/C=C\CCCSC3OC2C(O)C(O)C3O)C1. The summed E-state index contributed by atoms with van der Waals surface area (Å²) in [5.41, 5.74) is -0.641. The number of rotatable bonds is 4. The minimum absolute atomic E-state index is 0.163. The van der Waals surface area contributed by atoms with Crippen LogP contribution in [0.25, 0.3) is 0 Å². The normalized spacial score (nSPS) is 44.5. The molecule has 4 aliphatic rings. The first kappa shape index (κ1) is 26.4. The van der Waals surface area contributed by atoms with Crippen molar-refractivity contribution < 1.29 is 29.6 Å². The molecule has 0 radical (unpaired) electrons. The molecule has 2 bridgehead atoms. The van der Waals surface area contributed by atoms with Crippen molar-refractivity contribution in [1.29, 1.82) is 0 Å². The highest BCUT2D eigenvalue weighted by molar-refractivity contribution is 7.99. The molecule has 3 fully saturated rings. The number of aliphatic hydroxyl groups excluding tert-OH is 3. The van der Waals surface area contributed by atoms with Gasteiger partial charge in [0.15, 0.2) is 0 Å². The Labute approximate surface area is 207 Å². The van der Waals surface area contributed by atoms with E-state index in [4.69, 9.17) is 9.47 Å². The molecule has 5 N–H and O–H groups in total. The first-order valence-corrected chi connectivity index (χ1v) is 14.0. The zero-order chi connectivity index (χ0) is 24.2. The lowest BCUT2D eigenvalue weighted by molar-refractivity contribution is -0.205. The van der Waals surface area contributed by atoms with Crippen molar-refractivity contribution in [3.05, 3.63) is 12.2 Å². The molecule has 0 spiro atoms. The van der Waals surface area contributed by atoms with Crippen LogP contribution in [-0.4, -0.2) is 88.2 Å². The largest absolute Gasteiger partial charge is 0.388 e. The van der Waals surface area contributed by atoms with Gasteiger partial charge in [-0.3, -0.25) is 4.79 Å². The van der Waals surface area contributed by atoms with Gasteiger partial charge in [0.05, 0.1) is 12.1 Å². The number of carbonyl (C=O) groups is 1. The zero-order valence-corrected chi connectivity index (χ0v) is 21.2. The van der Waals surface area contributed by atoms with Crippen LogP contribution in [0.3, 0.4) is 0 Å². The van der Waals surface area contributed by atoms with Gasteiger partial charge in [0, 0.05) is 13.2 Å². The molecule has 0 aromatic heterocycles. The quantitative estimate of drug-likeness (QED) is 0.367. The van der Waals surface area contributed by atoms with Crippen LogP contribution in [0.15, 0.2) is 12.2 Å². The summed E-state index contributed by atoms with van der Waals surface area (Å²) in [6, 6.07) is -0.978. The van der Waals surface area contributed by atoms with Gasteiger partial charge in [-0.25, -0.2) is 0 Å². The molecule has 3 saturated heterocycles. The average Bonchev–Trinajstić information content (AvgIpc) is 3.06. The highest BCUT2D eigenvalue weighted by atomic mass is 32.2. The molecule has 4 rings (SSSR count). The second kappa shape index (κ2) is 12.0. The van der Waals surface area contributed by atoms with Crippen LogP contribution in [0.4, 0.5) is 0 Å². The third-order valence-corrected chi connectivity index (χ3v) is 8.88. The number of thioether (sulfide) groups is 1. The summed E-state index contributed by atoms with van der Waals surface area (Å²) in [5, 5.41) is 38.1. The fourth-order valence-electron chi connectivity index (χ4n) is 5.92. The molecule has 34 heavy (non-hydrogen) atoms. The molecule has 1 amide bonds. The van der Waals surface area contributed by atoms with Crippen molar-refractivity contribution >= 4 is 17.7 Å². The maximum Gasteiger partial charge on any atom is 0.240 e. The van der Waals surface area contributed by atoms with Crippen molar-refractivity contribution in [1.82, 2.24) is 10.6 Å². The minimum atomic E-state index is -1.32. The molecular weight excluding hydrogens is 456 g/mol. The van der Waals surface area contributed by atoms with Crippen molar-refractivity contribution in [2.75, 3.05) is 18.9 Å². The number of carbonyl (C=O) groups excluding carboxylic acids is 1. The predicted octanol–water partition coefficient (Wildman–Crippen LogP) is 1.18. The van der Waals surface area contributed by atoms with Crippen LogP contribution in [0.5, 0.6) is 0 Å². The third kappa shape index (κ3) is 6.17. The monoisotopic (exact) mass is 498 g/mol. The van der Waals surface area contributed by atoms with E-state index in [9.17, 15) is 20.1 Å². The number of aliphatic hydroxyl groups is 3. The number of hydrogen-bond donors (Lipinski definition) is 5. The molecule has 9 heteroatoms. The van der Waals surface area contributed by atoms with E-state index in [1.165, 1.54) is 18.2 Å². The number of allylic oxidation sites excluding steroid dienone is 1. The second-order valence-electron chi connectivity index (χ2n) is 10.8. The Morgan fingerprint density at radius 3 is 2.79 bits per heavy atom. The number of amides is 1. The van der Waals surface area contributed by atoms with Crippen LogP contribution in [0.1, 0.15) is 52.4 Å². The summed E-state index contributed by atoms with van der Waals surface area (Å²) in [5.74, 6) is 2.20. The highest BCUT2D eigenvalue weighted by Gasteiger charge is 2.48. The van der Waals surface area contributed by atoms with Gasteiger partial charge in [-0.15, -0.1) is 11.8 Å². The fraction of sp³-hybridized carbons (Fsp3) is 0.880. The van der Waals surface area contributed by atoms with Crippen molar-refractivity contribution in [3.63, 3.8) is 0 Å². The molecule has 4 aliphatic heterocycles. The molecule has 0 aromatic rings. The number of nitrogens with one attached hydrogen (secondary N) is 2. The maximum absolute atomic E-state index is 13.4. The average molecular weight is 499 g/mol. The summed E-state index contributed by atoms with van der Waals surface area (Å²) in [4.78, 5) is 13.4. The molecule has 10 atom stereocenters. The van der Waals surface area contributed by atoms with E-state index in [1.54, 1.807) is 0 Å². The molecule has 5 unspecified atom stereocenters. The Hall–Kier alpha value is -0.680. The first-order valence-electron chi connectivity index (χ1n) is 13.0. The van der Waals surface area contributed by atoms with Gasteiger partial charge in [-0.2, -0.15) is 0 Å². The van der Waals surface area contributed by atoms with E-state index in [2.05, 4.69) is 30.6 Å². The van der Waals surface area contributed by atoms with Crippen LogP contribution in [0.2, 0.25) is 0 Å². The Bertz CT molecular complexity index is 709. The summed E-state index contributed by atoms with van der Waals surface area (Å²) >= 11 is 1.44. The Morgan fingerprint density at radius 2 is 2.00 bits per heavy atom. The molecule has 0 saturated carbocycles. The molecule has 8 nitrogen and oxygen atoms in total. The fourth-order valence-corrected chi connectivity index (χ4v) is 7.06. The molecular formula is C25H42N2O6S. The Kier molecular flexibility index (Phi) is 9.34. The van der Waals surface area contributed by atoms with Crippen molar-refractivity contribution in [2.24, 2.45) is 17.8 Å². The maximum atomic E-state index is 13.4. The van der Waals surface area contributed by atoms with Gasteiger partial charge in [-0.1, -0.05) is 26.0 Å². The van der Waals surface area contributed by atoms with Gasteiger partial charge in [0.2, 0.25) is 5.91 Å². The van der Waals surface area contributed by atoms with Crippen LogP contribution < -0.4 is 10.6 Å². The third-order valence-electron chi connectivity index (χ3n) is 7.64. The van der Waals surface area contributed by atoms with E-state index < -0.39 is 41.9 Å². The van der Waals surface area contributed by atoms with Gasteiger partial charge in [0.1, 0.15) is 35.9 Å².